The van der Waals surface area contributed by atoms with Gasteiger partial charge in [0.1, 0.15) is 0 Å². The summed E-state index contributed by atoms with van der Waals surface area (Å²) in [6, 6.07) is 8.60. The van der Waals surface area contributed by atoms with Crippen LogP contribution in [0.2, 0.25) is 0 Å². The minimum absolute atomic E-state index is 0.149. The van der Waals surface area contributed by atoms with Gasteiger partial charge in [0.2, 0.25) is 5.89 Å². The van der Waals surface area contributed by atoms with Gasteiger partial charge in [-0.1, -0.05) is 29.4 Å². The van der Waals surface area contributed by atoms with E-state index in [-0.39, 0.29) is 6.04 Å². The number of rotatable bonds is 1. The van der Waals surface area contributed by atoms with Crippen molar-refractivity contribution in [2.75, 3.05) is 0 Å². The quantitative estimate of drug-likeness (QED) is 0.787. The summed E-state index contributed by atoms with van der Waals surface area (Å²) in [5, 5.41) is 7.23. The van der Waals surface area contributed by atoms with Crippen LogP contribution in [0, 0.1) is 6.92 Å². The number of fused-ring (bicyclic) bond motifs is 1. The predicted molar refractivity (Wildman–Crippen MR) is 58.8 cm³/mol. The molecule has 0 saturated carbocycles. The first-order valence-electron chi connectivity index (χ1n) is 5.43. The Bertz CT molecular complexity index is 506. The fourth-order valence-corrected chi connectivity index (χ4v) is 2.08. The smallest absolute Gasteiger partial charge is 0.244 e. The standard InChI is InChI=1S/C12H13N3O/c1-8-14-12(16-15-8)11-6-9-4-2-3-5-10(9)7-13-11/h2-5,11,13H,6-7H2,1H3/t11-/m1/s1. The maximum absolute atomic E-state index is 5.20. The van der Waals surface area contributed by atoms with Crippen molar-refractivity contribution in [3.63, 3.8) is 0 Å². The van der Waals surface area contributed by atoms with Gasteiger partial charge in [-0.2, -0.15) is 4.98 Å². The van der Waals surface area contributed by atoms with E-state index in [4.69, 9.17) is 4.52 Å². The third-order valence-electron chi connectivity index (χ3n) is 2.92. The normalized spacial score (nSPS) is 19.4. The second-order valence-electron chi connectivity index (χ2n) is 4.09. The fourth-order valence-electron chi connectivity index (χ4n) is 2.08. The number of hydrogen-bond acceptors (Lipinski definition) is 4. The van der Waals surface area contributed by atoms with Gasteiger partial charge in [0, 0.05) is 6.54 Å². The Morgan fingerprint density at radius 3 is 2.88 bits per heavy atom. The third-order valence-corrected chi connectivity index (χ3v) is 2.92. The molecule has 16 heavy (non-hydrogen) atoms. The van der Waals surface area contributed by atoms with Crippen LogP contribution in [0.5, 0.6) is 0 Å². The molecule has 0 bridgehead atoms. The average Bonchev–Trinajstić information content (AvgIpc) is 2.75. The Hall–Kier alpha value is -1.68. The number of nitrogens with one attached hydrogen (secondary N) is 1. The zero-order valence-corrected chi connectivity index (χ0v) is 9.10. The van der Waals surface area contributed by atoms with Gasteiger partial charge in [0.25, 0.3) is 0 Å². The van der Waals surface area contributed by atoms with E-state index in [0.29, 0.717) is 11.7 Å². The molecule has 1 aromatic carbocycles. The van der Waals surface area contributed by atoms with Crippen LogP contribution in [0.25, 0.3) is 0 Å². The van der Waals surface area contributed by atoms with E-state index in [2.05, 4.69) is 39.7 Å². The van der Waals surface area contributed by atoms with Crippen LogP contribution in [0.4, 0.5) is 0 Å². The van der Waals surface area contributed by atoms with Gasteiger partial charge >= 0.3 is 0 Å². The van der Waals surface area contributed by atoms with Crippen LogP contribution >= 0.6 is 0 Å². The molecule has 4 heteroatoms. The summed E-state index contributed by atoms with van der Waals surface area (Å²) in [4.78, 5) is 4.27. The van der Waals surface area contributed by atoms with Crippen molar-refractivity contribution in [1.82, 2.24) is 15.5 Å². The number of benzene rings is 1. The van der Waals surface area contributed by atoms with E-state index in [1.807, 2.05) is 6.92 Å². The lowest BCUT2D eigenvalue weighted by Crippen LogP contribution is -2.28. The molecule has 0 amide bonds. The van der Waals surface area contributed by atoms with E-state index in [1.54, 1.807) is 0 Å². The van der Waals surface area contributed by atoms with Crippen LogP contribution in [-0.2, 0) is 13.0 Å². The van der Waals surface area contributed by atoms with Gasteiger partial charge in [0.15, 0.2) is 5.82 Å². The lowest BCUT2D eigenvalue weighted by molar-refractivity contribution is 0.319. The summed E-state index contributed by atoms with van der Waals surface area (Å²) >= 11 is 0. The Balaban J connectivity index is 1.88. The van der Waals surface area contributed by atoms with E-state index >= 15 is 0 Å². The third kappa shape index (κ3) is 1.61. The monoisotopic (exact) mass is 215 g/mol. The molecule has 82 valence electrons. The van der Waals surface area contributed by atoms with E-state index < -0.39 is 0 Å². The Morgan fingerprint density at radius 2 is 2.12 bits per heavy atom. The number of hydrogen-bond donors (Lipinski definition) is 1. The van der Waals surface area contributed by atoms with E-state index in [9.17, 15) is 0 Å². The van der Waals surface area contributed by atoms with Gasteiger partial charge in [0.05, 0.1) is 6.04 Å². The molecule has 4 nitrogen and oxygen atoms in total. The first kappa shape index (κ1) is 9.54. The molecular formula is C12H13N3O. The van der Waals surface area contributed by atoms with Crippen LogP contribution in [0.15, 0.2) is 28.8 Å². The zero-order chi connectivity index (χ0) is 11.0. The molecule has 0 aliphatic carbocycles. The molecule has 0 fully saturated rings. The number of nitrogens with zero attached hydrogens (tertiary/aromatic N) is 2. The summed E-state index contributed by atoms with van der Waals surface area (Å²) in [5.74, 6) is 1.38. The van der Waals surface area contributed by atoms with Gasteiger partial charge in [-0.05, 0) is 24.5 Å². The summed E-state index contributed by atoms with van der Waals surface area (Å²) < 4.78 is 5.20. The topological polar surface area (TPSA) is 51.0 Å². The molecule has 3 rings (SSSR count). The van der Waals surface area contributed by atoms with Crippen molar-refractivity contribution in [2.45, 2.75) is 25.9 Å². The molecule has 0 spiro atoms. The summed E-state index contributed by atoms with van der Waals surface area (Å²) in [6.45, 7) is 2.70. The summed E-state index contributed by atoms with van der Waals surface area (Å²) in [7, 11) is 0. The highest BCUT2D eigenvalue weighted by molar-refractivity contribution is 5.30. The molecule has 1 N–H and O–H groups in total. The lowest BCUT2D eigenvalue weighted by Gasteiger charge is -2.23. The summed E-state index contributed by atoms with van der Waals surface area (Å²) in [5.41, 5.74) is 2.72. The molecular weight excluding hydrogens is 202 g/mol. The van der Waals surface area contributed by atoms with Crippen LogP contribution < -0.4 is 5.32 Å². The van der Waals surface area contributed by atoms with Gasteiger partial charge < -0.3 is 9.84 Å². The van der Waals surface area contributed by atoms with E-state index in [0.717, 1.165) is 13.0 Å². The fraction of sp³-hybridized carbons (Fsp3) is 0.333. The molecule has 2 heterocycles. The van der Waals surface area contributed by atoms with Crippen molar-refractivity contribution >= 4 is 0 Å². The molecule has 1 atom stereocenters. The van der Waals surface area contributed by atoms with Crippen molar-refractivity contribution < 1.29 is 4.52 Å². The Kier molecular flexibility index (Phi) is 2.22. The molecule has 2 aromatic rings. The van der Waals surface area contributed by atoms with E-state index in [1.165, 1.54) is 11.1 Å². The minimum Gasteiger partial charge on any atom is -0.338 e. The Labute approximate surface area is 93.7 Å². The molecule has 0 saturated heterocycles. The maximum Gasteiger partial charge on any atom is 0.244 e. The second kappa shape index (κ2) is 3.72. The molecule has 0 radical (unpaired) electrons. The average molecular weight is 215 g/mol. The first-order valence-corrected chi connectivity index (χ1v) is 5.43. The highest BCUT2D eigenvalue weighted by Crippen LogP contribution is 2.24. The first-order chi connectivity index (χ1) is 7.83. The van der Waals surface area contributed by atoms with Crippen molar-refractivity contribution in [2.24, 2.45) is 0 Å². The maximum atomic E-state index is 5.20. The van der Waals surface area contributed by atoms with Crippen molar-refractivity contribution in [3.05, 3.63) is 47.1 Å². The van der Waals surface area contributed by atoms with Crippen LogP contribution in [-0.4, -0.2) is 10.1 Å². The highest BCUT2D eigenvalue weighted by atomic mass is 16.5. The number of aryl methyl sites for hydroxylation is 1. The van der Waals surface area contributed by atoms with Crippen LogP contribution in [0.1, 0.15) is 28.9 Å². The molecule has 1 aromatic heterocycles. The predicted octanol–water partition coefficient (Wildman–Crippen LogP) is 1.77. The molecule has 0 unspecified atom stereocenters. The van der Waals surface area contributed by atoms with Gasteiger partial charge in [-0.25, -0.2) is 0 Å². The largest absolute Gasteiger partial charge is 0.338 e. The highest BCUT2D eigenvalue weighted by Gasteiger charge is 2.23. The van der Waals surface area contributed by atoms with Crippen LogP contribution in [0.3, 0.4) is 0 Å². The van der Waals surface area contributed by atoms with Crippen molar-refractivity contribution in [1.29, 1.82) is 0 Å². The summed E-state index contributed by atoms with van der Waals surface area (Å²) in [6.07, 6.45) is 0.914. The molecule has 1 aliphatic rings. The minimum atomic E-state index is 0.149. The van der Waals surface area contributed by atoms with Crippen molar-refractivity contribution in [3.8, 4) is 0 Å². The molecule has 1 aliphatic heterocycles. The second-order valence-corrected chi connectivity index (χ2v) is 4.09. The number of aromatic nitrogens is 2. The zero-order valence-electron chi connectivity index (χ0n) is 9.10. The van der Waals surface area contributed by atoms with Gasteiger partial charge in [-0.15, -0.1) is 0 Å². The van der Waals surface area contributed by atoms with Gasteiger partial charge in [-0.3, -0.25) is 0 Å². The lowest BCUT2D eigenvalue weighted by atomic mass is 9.96. The Morgan fingerprint density at radius 1 is 1.31 bits per heavy atom. The SMILES string of the molecule is Cc1noc([C@H]2Cc3ccccc3CN2)n1.